The summed E-state index contributed by atoms with van der Waals surface area (Å²) in [5.74, 6) is -0.219. The van der Waals surface area contributed by atoms with Gasteiger partial charge < -0.3 is 5.32 Å². The van der Waals surface area contributed by atoms with Crippen molar-refractivity contribution in [2.45, 2.75) is 19.4 Å². The minimum Gasteiger partial charge on any atom is -0.321 e. The van der Waals surface area contributed by atoms with E-state index in [0.29, 0.717) is 11.3 Å². The third-order valence-electron chi connectivity index (χ3n) is 2.24. The Hall–Kier alpha value is -2.11. The maximum atomic E-state index is 11.9. The molecule has 0 spiro atoms. The molecule has 2 heterocycles. The Morgan fingerprint density at radius 1 is 1.38 bits per heavy atom. The number of azo groups is 1. The van der Waals surface area contributed by atoms with Gasteiger partial charge in [-0.25, -0.2) is 0 Å². The standard InChI is InChI=1S/C10H11N5O/c1-10(2)8(6-13-15-10)9(16)14-7-3-4-11-12-5-7/h3-6H,1-2H3,(H,11,14,16). The second-order valence-corrected chi connectivity index (χ2v) is 3.90. The van der Waals surface area contributed by atoms with Gasteiger partial charge in [0.2, 0.25) is 0 Å². The Labute approximate surface area is 92.5 Å². The molecule has 0 bridgehead atoms. The minimum absolute atomic E-state index is 0.219. The number of nitrogens with one attached hydrogen (secondary N) is 1. The fourth-order valence-corrected chi connectivity index (χ4v) is 1.34. The highest BCUT2D eigenvalue weighted by Gasteiger charge is 2.31. The lowest BCUT2D eigenvalue weighted by atomic mass is 9.96. The number of aromatic nitrogens is 2. The number of carbonyl (C=O) groups excluding carboxylic acids is 1. The van der Waals surface area contributed by atoms with Crippen LogP contribution in [0.5, 0.6) is 0 Å². The second-order valence-electron chi connectivity index (χ2n) is 3.90. The molecule has 6 nitrogen and oxygen atoms in total. The van der Waals surface area contributed by atoms with E-state index in [-0.39, 0.29) is 5.91 Å². The lowest BCUT2D eigenvalue weighted by Gasteiger charge is -2.16. The molecule has 1 aromatic heterocycles. The maximum absolute atomic E-state index is 11.9. The summed E-state index contributed by atoms with van der Waals surface area (Å²) in [5.41, 5.74) is 0.567. The summed E-state index contributed by atoms with van der Waals surface area (Å²) in [6, 6.07) is 1.67. The Kier molecular flexibility index (Phi) is 2.47. The minimum atomic E-state index is -0.565. The van der Waals surface area contributed by atoms with Gasteiger partial charge in [0, 0.05) is 0 Å². The molecule has 1 N–H and O–H groups in total. The topological polar surface area (TPSA) is 79.6 Å². The van der Waals surface area contributed by atoms with Crippen LogP contribution in [0.15, 0.2) is 40.5 Å². The highest BCUT2D eigenvalue weighted by atomic mass is 16.1. The van der Waals surface area contributed by atoms with Gasteiger partial charge >= 0.3 is 0 Å². The molecule has 16 heavy (non-hydrogen) atoms. The van der Waals surface area contributed by atoms with Gasteiger partial charge in [-0.1, -0.05) is 0 Å². The van der Waals surface area contributed by atoms with E-state index in [4.69, 9.17) is 0 Å². The van der Waals surface area contributed by atoms with Gasteiger partial charge in [-0.3, -0.25) is 4.79 Å². The summed E-state index contributed by atoms with van der Waals surface area (Å²) < 4.78 is 0. The number of rotatable bonds is 2. The molecule has 0 saturated heterocycles. The number of hydrogen-bond donors (Lipinski definition) is 1. The second kappa shape index (κ2) is 3.80. The van der Waals surface area contributed by atoms with Crippen LogP contribution in [-0.2, 0) is 4.79 Å². The molecule has 6 heteroatoms. The average Bonchev–Trinajstić information content (AvgIpc) is 2.59. The molecule has 0 radical (unpaired) electrons. The molecule has 0 atom stereocenters. The van der Waals surface area contributed by atoms with Crippen LogP contribution in [0.4, 0.5) is 5.69 Å². The van der Waals surface area contributed by atoms with Crippen molar-refractivity contribution >= 4 is 11.6 Å². The van der Waals surface area contributed by atoms with E-state index in [1.807, 2.05) is 13.8 Å². The first-order chi connectivity index (χ1) is 7.59. The first-order valence-electron chi connectivity index (χ1n) is 4.80. The van der Waals surface area contributed by atoms with Crippen molar-refractivity contribution in [3.63, 3.8) is 0 Å². The molecule has 2 rings (SSSR count). The van der Waals surface area contributed by atoms with Crippen LogP contribution in [0.25, 0.3) is 0 Å². The van der Waals surface area contributed by atoms with E-state index in [1.165, 1.54) is 18.6 Å². The zero-order valence-corrected chi connectivity index (χ0v) is 9.01. The van der Waals surface area contributed by atoms with Gasteiger partial charge in [-0.05, 0) is 19.9 Å². The normalized spacial score (nSPS) is 17.0. The quantitative estimate of drug-likeness (QED) is 0.816. The summed E-state index contributed by atoms with van der Waals surface area (Å²) >= 11 is 0. The fourth-order valence-electron chi connectivity index (χ4n) is 1.34. The number of nitrogens with zero attached hydrogens (tertiary/aromatic N) is 4. The molecule has 0 aromatic carbocycles. The van der Waals surface area contributed by atoms with E-state index < -0.39 is 5.54 Å². The molecule has 0 fully saturated rings. The zero-order valence-electron chi connectivity index (χ0n) is 9.01. The van der Waals surface area contributed by atoms with Crippen molar-refractivity contribution in [3.05, 3.63) is 30.2 Å². The van der Waals surface area contributed by atoms with Crippen molar-refractivity contribution in [2.75, 3.05) is 5.32 Å². The smallest absolute Gasteiger partial charge is 0.255 e. The number of amides is 1. The maximum Gasteiger partial charge on any atom is 0.255 e. The SMILES string of the molecule is CC1(C)N=NC=C1C(=O)Nc1ccnnc1. The Bertz CT molecular complexity index is 463. The summed E-state index contributed by atoms with van der Waals surface area (Å²) in [6.07, 6.45) is 4.47. The van der Waals surface area contributed by atoms with E-state index in [2.05, 4.69) is 25.7 Å². The van der Waals surface area contributed by atoms with Gasteiger partial charge in [-0.2, -0.15) is 20.4 Å². The highest BCUT2D eigenvalue weighted by Crippen LogP contribution is 2.27. The van der Waals surface area contributed by atoms with Gasteiger partial charge in [0.1, 0.15) is 5.54 Å². The molecular weight excluding hydrogens is 206 g/mol. The Morgan fingerprint density at radius 2 is 2.19 bits per heavy atom. The van der Waals surface area contributed by atoms with Crippen LogP contribution < -0.4 is 5.32 Å². The molecule has 0 saturated carbocycles. The molecule has 0 aliphatic carbocycles. The van der Waals surface area contributed by atoms with E-state index in [1.54, 1.807) is 6.07 Å². The van der Waals surface area contributed by atoms with Gasteiger partial charge in [0.05, 0.1) is 29.9 Å². The van der Waals surface area contributed by atoms with Crippen LogP contribution in [0.1, 0.15) is 13.8 Å². The Balaban J connectivity index is 2.11. The van der Waals surface area contributed by atoms with Crippen molar-refractivity contribution < 1.29 is 4.79 Å². The first-order valence-corrected chi connectivity index (χ1v) is 4.80. The number of hydrogen-bond acceptors (Lipinski definition) is 5. The van der Waals surface area contributed by atoms with Crippen molar-refractivity contribution in [1.29, 1.82) is 0 Å². The van der Waals surface area contributed by atoms with Crippen LogP contribution >= 0.6 is 0 Å². The molecule has 1 aromatic rings. The number of anilines is 1. The van der Waals surface area contributed by atoms with Crippen molar-refractivity contribution in [3.8, 4) is 0 Å². The van der Waals surface area contributed by atoms with Gasteiger partial charge in [0.25, 0.3) is 5.91 Å². The van der Waals surface area contributed by atoms with Gasteiger partial charge in [-0.15, -0.1) is 0 Å². The number of carbonyl (C=O) groups is 1. The first kappa shape index (κ1) is 10.4. The third-order valence-corrected chi connectivity index (χ3v) is 2.24. The molecular formula is C10H11N5O. The summed E-state index contributed by atoms with van der Waals surface area (Å²) in [4.78, 5) is 11.9. The van der Waals surface area contributed by atoms with E-state index in [0.717, 1.165) is 0 Å². The molecule has 1 amide bonds. The fraction of sp³-hybridized carbons (Fsp3) is 0.300. The molecule has 1 aliphatic heterocycles. The third kappa shape index (κ3) is 1.95. The molecule has 0 unspecified atom stereocenters. The monoisotopic (exact) mass is 217 g/mol. The van der Waals surface area contributed by atoms with Crippen LogP contribution in [0, 0.1) is 0 Å². The zero-order chi connectivity index (χ0) is 11.6. The summed E-state index contributed by atoms with van der Waals surface area (Å²) in [7, 11) is 0. The predicted molar refractivity (Wildman–Crippen MR) is 57.7 cm³/mol. The average molecular weight is 217 g/mol. The highest BCUT2D eigenvalue weighted by molar-refractivity contribution is 6.05. The van der Waals surface area contributed by atoms with Gasteiger partial charge in [0.15, 0.2) is 0 Å². The molecule has 82 valence electrons. The summed E-state index contributed by atoms with van der Waals surface area (Å²) in [6.45, 7) is 3.67. The largest absolute Gasteiger partial charge is 0.321 e. The van der Waals surface area contributed by atoms with E-state index in [9.17, 15) is 4.79 Å². The predicted octanol–water partition coefficient (Wildman–Crippen LogP) is 1.54. The summed E-state index contributed by atoms with van der Waals surface area (Å²) in [5, 5.41) is 17.7. The lowest BCUT2D eigenvalue weighted by Crippen LogP contribution is -2.27. The lowest BCUT2D eigenvalue weighted by molar-refractivity contribution is -0.113. The Morgan fingerprint density at radius 3 is 2.75 bits per heavy atom. The van der Waals surface area contributed by atoms with Crippen LogP contribution in [-0.4, -0.2) is 21.6 Å². The van der Waals surface area contributed by atoms with Crippen molar-refractivity contribution in [1.82, 2.24) is 10.2 Å². The van der Waals surface area contributed by atoms with Crippen molar-refractivity contribution in [2.24, 2.45) is 10.2 Å². The van der Waals surface area contributed by atoms with Crippen LogP contribution in [0.2, 0.25) is 0 Å². The molecule has 1 aliphatic rings. The van der Waals surface area contributed by atoms with E-state index >= 15 is 0 Å². The van der Waals surface area contributed by atoms with Crippen LogP contribution in [0.3, 0.4) is 0 Å².